The molecule has 2 heterocycles. The summed E-state index contributed by atoms with van der Waals surface area (Å²) in [6.07, 6.45) is 0. The highest BCUT2D eigenvalue weighted by atomic mass is 32.2. The Balaban J connectivity index is 1.70. The number of morpholine rings is 1. The number of benzene rings is 2. The molecule has 0 unspecified atom stereocenters. The molecule has 4 nitrogen and oxygen atoms in total. The van der Waals surface area contributed by atoms with Crippen LogP contribution in [-0.4, -0.2) is 39.0 Å². The van der Waals surface area contributed by atoms with Crippen molar-refractivity contribution in [1.29, 1.82) is 0 Å². The first kappa shape index (κ1) is 18.4. The van der Waals surface area contributed by atoms with E-state index < -0.39 is 10.0 Å². The highest BCUT2D eigenvalue weighted by molar-refractivity contribution is 7.89. The van der Waals surface area contributed by atoms with Crippen LogP contribution >= 0.6 is 11.3 Å². The zero-order chi connectivity index (χ0) is 18.9. The van der Waals surface area contributed by atoms with Crippen molar-refractivity contribution in [3.63, 3.8) is 0 Å². The maximum absolute atomic E-state index is 13.1. The first-order chi connectivity index (χ1) is 13.1. The van der Waals surface area contributed by atoms with Gasteiger partial charge in [0.25, 0.3) is 0 Å². The van der Waals surface area contributed by atoms with E-state index in [1.54, 1.807) is 17.4 Å². The van der Waals surface area contributed by atoms with Crippen LogP contribution in [0.3, 0.4) is 0 Å². The van der Waals surface area contributed by atoms with Crippen LogP contribution in [0.4, 0.5) is 0 Å². The standard InChI is InChI=1S/C21H21NO3S2/c1-16-7-8-18(14-21(16)27(23,24)22-9-11-25-12-10-22)19-13-20(26-15-19)17-5-3-2-4-6-17/h2-8,13-15H,9-12H2,1H3. The number of hydrogen-bond donors (Lipinski definition) is 0. The maximum atomic E-state index is 13.1. The van der Waals surface area contributed by atoms with Gasteiger partial charge in [-0.3, -0.25) is 0 Å². The SMILES string of the molecule is Cc1ccc(-c2csc(-c3ccccc3)c2)cc1S(=O)(=O)N1CCOCC1. The average molecular weight is 400 g/mol. The van der Waals surface area contributed by atoms with Gasteiger partial charge < -0.3 is 4.74 Å². The maximum Gasteiger partial charge on any atom is 0.243 e. The van der Waals surface area contributed by atoms with Crippen LogP contribution < -0.4 is 0 Å². The minimum absolute atomic E-state index is 0.384. The molecule has 1 aliphatic heterocycles. The third kappa shape index (κ3) is 3.71. The summed E-state index contributed by atoms with van der Waals surface area (Å²) < 4.78 is 33.0. The minimum atomic E-state index is -3.51. The Labute approximate surface area is 164 Å². The molecule has 0 N–H and O–H groups in total. The summed E-state index contributed by atoms with van der Waals surface area (Å²) in [4.78, 5) is 1.55. The number of rotatable bonds is 4. The normalized spacial score (nSPS) is 15.7. The number of thiophene rings is 1. The third-order valence-electron chi connectivity index (χ3n) is 4.77. The third-order valence-corrected chi connectivity index (χ3v) is 7.79. The van der Waals surface area contributed by atoms with Crippen molar-refractivity contribution < 1.29 is 13.2 Å². The fourth-order valence-corrected chi connectivity index (χ4v) is 5.81. The number of ether oxygens (including phenoxy) is 1. The van der Waals surface area contributed by atoms with Crippen molar-refractivity contribution in [2.75, 3.05) is 26.3 Å². The summed E-state index contributed by atoms with van der Waals surface area (Å²) in [6, 6.07) is 18.0. The van der Waals surface area contributed by atoms with Crippen LogP contribution in [0.25, 0.3) is 21.6 Å². The molecule has 2 aromatic carbocycles. The summed E-state index contributed by atoms with van der Waals surface area (Å²) in [6.45, 7) is 3.55. The van der Waals surface area contributed by atoms with Gasteiger partial charge in [0.15, 0.2) is 0 Å². The largest absolute Gasteiger partial charge is 0.379 e. The quantitative estimate of drug-likeness (QED) is 0.653. The lowest BCUT2D eigenvalue weighted by molar-refractivity contribution is 0.0730. The first-order valence-corrected chi connectivity index (χ1v) is 11.2. The second-order valence-electron chi connectivity index (χ2n) is 6.56. The Bertz CT molecular complexity index is 1040. The van der Waals surface area contributed by atoms with E-state index in [0.717, 1.165) is 16.7 Å². The molecule has 0 radical (unpaired) electrons. The zero-order valence-electron chi connectivity index (χ0n) is 15.1. The molecule has 0 spiro atoms. The summed E-state index contributed by atoms with van der Waals surface area (Å²) in [5.74, 6) is 0. The van der Waals surface area contributed by atoms with Crippen LogP contribution in [-0.2, 0) is 14.8 Å². The van der Waals surface area contributed by atoms with Gasteiger partial charge in [-0.15, -0.1) is 11.3 Å². The van der Waals surface area contributed by atoms with Gasteiger partial charge in [-0.05, 0) is 46.7 Å². The second-order valence-corrected chi connectivity index (χ2v) is 9.38. The molecule has 0 amide bonds. The van der Waals surface area contributed by atoms with Crippen molar-refractivity contribution in [1.82, 2.24) is 4.31 Å². The Morgan fingerprint density at radius 1 is 0.926 bits per heavy atom. The van der Waals surface area contributed by atoms with Crippen LogP contribution in [0.2, 0.25) is 0 Å². The Morgan fingerprint density at radius 3 is 2.41 bits per heavy atom. The molecule has 1 fully saturated rings. The second kappa shape index (κ2) is 7.56. The molecule has 3 aromatic rings. The van der Waals surface area contributed by atoms with Crippen molar-refractivity contribution in [3.8, 4) is 21.6 Å². The summed E-state index contributed by atoms with van der Waals surface area (Å²) in [5.41, 5.74) is 3.90. The summed E-state index contributed by atoms with van der Waals surface area (Å²) in [7, 11) is -3.51. The number of sulfonamides is 1. The monoisotopic (exact) mass is 399 g/mol. The molecule has 140 valence electrons. The van der Waals surface area contributed by atoms with Gasteiger partial charge in [-0.1, -0.05) is 42.5 Å². The van der Waals surface area contributed by atoms with E-state index in [-0.39, 0.29) is 0 Å². The zero-order valence-corrected chi connectivity index (χ0v) is 16.7. The van der Waals surface area contributed by atoms with Crippen molar-refractivity contribution >= 4 is 21.4 Å². The molecule has 27 heavy (non-hydrogen) atoms. The van der Waals surface area contributed by atoms with Crippen molar-refractivity contribution in [2.24, 2.45) is 0 Å². The van der Waals surface area contributed by atoms with Gasteiger partial charge in [-0.25, -0.2) is 8.42 Å². The van der Waals surface area contributed by atoms with Crippen LogP contribution in [0, 0.1) is 6.92 Å². The van der Waals surface area contributed by atoms with Crippen LogP contribution in [0.15, 0.2) is 64.9 Å². The fraction of sp³-hybridized carbons (Fsp3) is 0.238. The molecule has 0 atom stereocenters. The molecular formula is C21H21NO3S2. The number of aryl methyl sites for hydroxylation is 1. The van der Waals surface area contributed by atoms with E-state index in [1.807, 2.05) is 37.3 Å². The van der Waals surface area contributed by atoms with Gasteiger partial charge >= 0.3 is 0 Å². The Kier molecular flexibility index (Phi) is 5.14. The van der Waals surface area contributed by atoms with Crippen molar-refractivity contribution in [2.45, 2.75) is 11.8 Å². The first-order valence-electron chi connectivity index (χ1n) is 8.88. The Hall–Kier alpha value is -1.99. The highest BCUT2D eigenvalue weighted by Gasteiger charge is 2.28. The van der Waals surface area contributed by atoms with E-state index >= 15 is 0 Å². The number of hydrogen-bond acceptors (Lipinski definition) is 4. The topological polar surface area (TPSA) is 46.6 Å². The lowest BCUT2D eigenvalue weighted by Gasteiger charge is -2.26. The predicted molar refractivity (Wildman–Crippen MR) is 110 cm³/mol. The summed E-state index contributed by atoms with van der Waals surface area (Å²) >= 11 is 1.67. The fourth-order valence-electron chi connectivity index (χ4n) is 3.23. The smallest absolute Gasteiger partial charge is 0.243 e. The molecule has 0 bridgehead atoms. The molecule has 4 rings (SSSR count). The lowest BCUT2D eigenvalue weighted by Crippen LogP contribution is -2.40. The van der Waals surface area contributed by atoms with Gasteiger partial charge in [0.1, 0.15) is 0 Å². The molecule has 0 aliphatic carbocycles. The lowest BCUT2D eigenvalue weighted by atomic mass is 10.1. The minimum Gasteiger partial charge on any atom is -0.379 e. The molecule has 1 saturated heterocycles. The average Bonchev–Trinajstić information content (AvgIpc) is 3.20. The molecular weight excluding hydrogens is 378 g/mol. The van der Waals surface area contributed by atoms with Gasteiger partial charge in [0.05, 0.1) is 18.1 Å². The van der Waals surface area contributed by atoms with E-state index in [9.17, 15) is 8.42 Å². The Morgan fingerprint density at radius 2 is 1.67 bits per heavy atom. The van der Waals surface area contributed by atoms with Gasteiger partial charge in [0.2, 0.25) is 10.0 Å². The molecule has 1 aliphatic rings. The predicted octanol–water partition coefficient (Wildman–Crippen LogP) is 4.41. The van der Waals surface area contributed by atoms with E-state index in [0.29, 0.717) is 31.2 Å². The van der Waals surface area contributed by atoms with E-state index in [1.165, 1.54) is 14.7 Å². The van der Waals surface area contributed by atoms with Crippen LogP contribution in [0.5, 0.6) is 0 Å². The molecule has 1 aromatic heterocycles. The summed E-state index contributed by atoms with van der Waals surface area (Å²) in [5, 5.41) is 2.08. The van der Waals surface area contributed by atoms with Gasteiger partial charge in [0, 0.05) is 18.0 Å². The van der Waals surface area contributed by atoms with Crippen molar-refractivity contribution in [3.05, 3.63) is 65.5 Å². The van der Waals surface area contributed by atoms with E-state index in [4.69, 9.17) is 4.74 Å². The van der Waals surface area contributed by atoms with E-state index in [2.05, 4.69) is 23.6 Å². The van der Waals surface area contributed by atoms with Crippen LogP contribution in [0.1, 0.15) is 5.56 Å². The van der Waals surface area contributed by atoms with Gasteiger partial charge in [-0.2, -0.15) is 4.31 Å². The molecule has 0 saturated carbocycles. The molecule has 6 heteroatoms. The number of nitrogens with zero attached hydrogens (tertiary/aromatic N) is 1. The highest BCUT2D eigenvalue weighted by Crippen LogP contribution is 2.34.